The van der Waals surface area contributed by atoms with E-state index in [2.05, 4.69) is 5.32 Å². The molecule has 5 nitrogen and oxygen atoms in total. The number of aromatic hydroxyl groups is 1. The van der Waals surface area contributed by atoms with Crippen LogP contribution in [0.25, 0.3) is 0 Å². The van der Waals surface area contributed by atoms with Gasteiger partial charge in [0.1, 0.15) is 17.1 Å². The summed E-state index contributed by atoms with van der Waals surface area (Å²) in [5.74, 6) is -0.540. The number of nitrogens with one attached hydrogen (secondary N) is 1. The number of aryl methyl sites for hydroxylation is 2. The normalized spacial score (nSPS) is 10.1. The molecular formula is C17H17NO4. The van der Waals surface area contributed by atoms with E-state index in [9.17, 15) is 14.7 Å². The molecule has 0 saturated carbocycles. The predicted octanol–water partition coefficient (Wildman–Crippen LogP) is 3.19. The largest absolute Gasteiger partial charge is 0.507 e. The van der Waals surface area contributed by atoms with Gasteiger partial charge in [0, 0.05) is 12.6 Å². The third-order valence-corrected chi connectivity index (χ3v) is 3.18. The van der Waals surface area contributed by atoms with Crippen molar-refractivity contribution in [3.63, 3.8) is 0 Å². The lowest BCUT2D eigenvalue weighted by Crippen LogP contribution is -2.10. The maximum atomic E-state index is 12.1. The lowest BCUT2D eigenvalue weighted by atomic mass is 10.1. The first-order valence-electron chi connectivity index (χ1n) is 6.77. The Balaban J connectivity index is 2.20. The van der Waals surface area contributed by atoms with Crippen LogP contribution < -0.4 is 10.1 Å². The minimum absolute atomic E-state index is 0.0842. The van der Waals surface area contributed by atoms with Crippen LogP contribution >= 0.6 is 0 Å². The average molecular weight is 299 g/mol. The molecule has 2 N–H and O–H groups in total. The van der Waals surface area contributed by atoms with E-state index < -0.39 is 5.97 Å². The molecule has 2 rings (SSSR count). The zero-order valence-corrected chi connectivity index (χ0v) is 12.6. The number of para-hydroxylation sites is 1. The van der Waals surface area contributed by atoms with Gasteiger partial charge in [-0.15, -0.1) is 0 Å². The van der Waals surface area contributed by atoms with Crippen molar-refractivity contribution in [2.75, 3.05) is 5.32 Å². The summed E-state index contributed by atoms with van der Waals surface area (Å²) in [5.41, 5.74) is 2.15. The topological polar surface area (TPSA) is 75.6 Å². The van der Waals surface area contributed by atoms with Gasteiger partial charge in [-0.3, -0.25) is 4.79 Å². The van der Waals surface area contributed by atoms with Crippen LogP contribution in [0.15, 0.2) is 36.4 Å². The second-order valence-corrected chi connectivity index (χ2v) is 5.02. The van der Waals surface area contributed by atoms with Gasteiger partial charge in [-0.05, 0) is 49.2 Å². The molecule has 2 aromatic rings. The summed E-state index contributed by atoms with van der Waals surface area (Å²) in [7, 11) is 0. The minimum atomic E-state index is -0.632. The van der Waals surface area contributed by atoms with E-state index in [1.165, 1.54) is 13.0 Å². The number of carbonyl (C=O) groups is 2. The van der Waals surface area contributed by atoms with Gasteiger partial charge in [0.2, 0.25) is 5.91 Å². The lowest BCUT2D eigenvalue weighted by Gasteiger charge is -2.10. The number of esters is 1. The molecule has 1 amide bonds. The van der Waals surface area contributed by atoms with E-state index >= 15 is 0 Å². The number of hydrogen-bond acceptors (Lipinski definition) is 4. The Kier molecular flexibility index (Phi) is 4.46. The molecule has 0 saturated heterocycles. The lowest BCUT2D eigenvalue weighted by molar-refractivity contribution is -0.114. The second kappa shape index (κ2) is 6.30. The molecule has 0 atom stereocenters. The number of phenols is 1. The van der Waals surface area contributed by atoms with Crippen LogP contribution in [0.4, 0.5) is 5.69 Å². The third kappa shape index (κ3) is 3.44. The van der Waals surface area contributed by atoms with E-state index in [4.69, 9.17) is 4.74 Å². The number of hydrogen-bond donors (Lipinski definition) is 2. The van der Waals surface area contributed by atoms with Crippen molar-refractivity contribution >= 4 is 17.6 Å². The summed E-state index contributed by atoms with van der Waals surface area (Å²) in [5, 5.41) is 12.6. The Bertz CT molecular complexity index is 737. The van der Waals surface area contributed by atoms with Crippen LogP contribution in [0.5, 0.6) is 11.5 Å². The SMILES string of the molecule is CC(=O)Nc1ccc(OC(=O)c2cccc(C)c2O)cc1C. The van der Waals surface area contributed by atoms with Crippen molar-refractivity contribution < 1.29 is 19.4 Å². The van der Waals surface area contributed by atoms with Gasteiger partial charge < -0.3 is 15.2 Å². The Morgan fingerprint density at radius 1 is 1.09 bits per heavy atom. The first-order chi connectivity index (χ1) is 10.4. The number of amides is 1. The van der Waals surface area contributed by atoms with Crippen LogP contribution in [0.1, 0.15) is 28.4 Å². The van der Waals surface area contributed by atoms with Crippen LogP contribution in [0, 0.1) is 13.8 Å². The highest BCUT2D eigenvalue weighted by molar-refractivity contribution is 5.94. The molecule has 0 bridgehead atoms. The molecule has 0 aromatic heterocycles. The van der Waals surface area contributed by atoms with Crippen molar-refractivity contribution in [3.8, 4) is 11.5 Å². The molecule has 2 aromatic carbocycles. The van der Waals surface area contributed by atoms with Crippen LogP contribution in [-0.2, 0) is 4.79 Å². The Morgan fingerprint density at radius 2 is 1.82 bits per heavy atom. The predicted molar refractivity (Wildman–Crippen MR) is 83.3 cm³/mol. The smallest absolute Gasteiger partial charge is 0.347 e. The van der Waals surface area contributed by atoms with Gasteiger partial charge in [0.25, 0.3) is 0 Å². The summed E-state index contributed by atoms with van der Waals surface area (Å²) in [6.07, 6.45) is 0. The fourth-order valence-electron chi connectivity index (χ4n) is 2.02. The van der Waals surface area contributed by atoms with Crippen molar-refractivity contribution in [1.82, 2.24) is 0 Å². The van der Waals surface area contributed by atoms with Crippen LogP contribution in [-0.4, -0.2) is 17.0 Å². The zero-order valence-electron chi connectivity index (χ0n) is 12.6. The summed E-state index contributed by atoms with van der Waals surface area (Å²) in [4.78, 5) is 23.2. The molecule has 0 aliphatic heterocycles. The fraction of sp³-hybridized carbons (Fsp3) is 0.176. The Labute approximate surface area is 128 Å². The van der Waals surface area contributed by atoms with Crippen molar-refractivity contribution in [2.24, 2.45) is 0 Å². The fourth-order valence-corrected chi connectivity index (χ4v) is 2.02. The molecule has 22 heavy (non-hydrogen) atoms. The second-order valence-electron chi connectivity index (χ2n) is 5.02. The maximum absolute atomic E-state index is 12.1. The van der Waals surface area contributed by atoms with Crippen LogP contribution in [0.3, 0.4) is 0 Å². The molecule has 0 spiro atoms. The highest BCUT2D eigenvalue weighted by Crippen LogP contribution is 2.25. The van der Waals surface area contributed by atoms with E-state index in [0.717, 1.165) is 5.56 Å². The number of ether oxygens (including phenoxy) is 1. The van der Waals surface area contributed by atoms with Gasteiger partial charge in [0.15, 0.2) is 0 Å². The molecule has 114 valence electrons. The molecule has 0 heterocycles. The van der Waals surface area contributed by atoms with E-state index in [-0.39, 0.29) is 17.2 Å². The molecule has 5 heteroatoms. The number of anilines is 1. The highest BCUT2D eigenvalue weighted by atomic mass is 16.5. The molecule has 0 radical (unpaired) electrons. The highest BCUT2D eigenvalue weighted by Gasteiger charge is 2.15. The molecule has 0 fully saturated rings. The quantitative estimate of drug-likeness (QED) is 0.674. The maximum Gasteiger partial charge on any atom is 0.347 e. The van der Waals surface area contributed by atoms with Gasteiger partial charge in [-0.1, -0.05) is 12.1 Å². The van der Waals surface area contributed by atoms with Gasteiger partial charge in [0.05, 0.1) is 0 Å². The summed E-state index contributed by atoms with van der Waals surface area (Å²) in [6, 6.07) is 9.78. The first kappa shape index (κ1) is 15.6. The van der Waals surface area contributed by atoms with Crippen molar-refractivity contribution in [2.45, 2.75) is 20.8 Å². The molecule has 0 aliphatic rings. The van der Waals surface area contributed by atoms with Gasteiger partial charge >= 0.3 is 5.97 Å². The van der Waals surface area contributed by atoms with Crippen LogP contribution in [0.2, 0.25) is 0 Å². The van der Waals surface area contributed by atoms with Gasteiger partial charge in [-0.2, -0.15) is 0 Å². The number of carbonyl (C=O) groups excluding carboxylic acids is 2. The monoisotopic (exact) mass is 299 g/mol. The van der Waals surface area contributed by atoms with Gasteiger partial charge in [-0.25, -0.2) is 4.79 Å². The third-order valence-electron chi connectivity index (χ3n) is 3.18. The standard InChI is InChI=1S/C17H17NO4/c1-10-5-4-6-14(16(10)20)17(21)22-13-7-8-15(11(2)9-13)18-12(3)19/h4-9,20H,1-3H3,(H,18,19). The molecule has 0 aliphatic carbocycles. The summed E-state index contributed by atoms with van der Waals surface area (Å²) >= 11 is 0. The molecular weight excluding hydrogens is 282 g/mol. The Morgan fingerprint density at radius 3 is 2.45 bits per heavy atom. The molecule has 0 unspecified atom stereocenters. The number of rotatable bonds is 3. The first-order valence-corrected chi connectivity index (χ1v) is 6.77. The minimum Gasteiger partial charge on any atom is -0.507 e. The summed E-state index contributed by atoms with van der Waals surface area (Å²) < 4.78 is 5.27. The average Bonchev–Trinajstić information content (AvgIpc) is 2.44. The zero-order chi connectivity index (χ0) is 16.3. The number of phenolic OH excluding ortho intramolecular Hbond substituents is 1. The Hall–Kier alpha value is -2.82. The van der Waals surface area contributed by atoms with E-state index in [0.29, 0.717) is 17.0 Å². The van der Waals surface area contributed by atoms with E-state index in [1.54, 1.807) is 44.2 Å². The van der Waals surface area contributed by atoms with Crippen molar-refractivity contribution in [3.05, 3.63) is 53.1 Å². The van der Waals surface area contributed by atoms with Crippen molar-refractivity contribution in [1.29, 1.82) is 0 Å². The van der Waals surface area contributed by atoms with E-state index in [1.807, 2.05) is 0 Å². The summed E-state index contributed by atoms with van der Waals surface area (Å²) in [6.45, 7) is 4.93. The number of benzene rings is 2.